The predicted molar refractivity (Wildman–Crippen MR) is 72.6 cm³/mol. The molecular weight excluding hydrogens is 284 g/mol. The van der Waals surface area contributed by atoms with Crippen LogP contribution in [0.1, 0.15) is 11.3 Å². The fraction of sp³-hybridized carbons (Fsp3) is 0.417. The molecule has 0 spiro atoms. The van der Waals surface area contributed by atoms with Crippen LogP contribution in [-0.4, -0.2) is 42.8 Å². The van der Waals surface area contributed by atoms with E-state index >= 15 is 0 Å². The molecule has 1 atom stereocenters. The van der Waals surface area contributed by atoms with E-state index in [2.05, 4.69) is 15.4 Å². The van der Waals surface area contributed by atoms with E-state index in [1.165, 1.54) is 0 Å². The number of thiophene rings is 1. The molecule has 0 saturated heterocycles. The van der Waals surface area contributed by atoms with Gasteiger partial charge in [-0.05, 0) is 17.9 Å². The normalized spacial score (nSPS) is 11.4. The van der Waals surface area contributed by atoms with Gasteiger partial charge in [-0.25, -0.2) is 9.59 Å². The number of esters is 1. The number of carboxylic acid groups (broad SMARTS) is 1. The van der Waals surface area contributed by atoms with Gasteiger partial charge in [0, 0.05) is 11.4 Å². The predicted octanol–water partition coefficient (Wildman–Crippen LogP) is 0.606. The van der Waals surface area contributed by atoms with E-state index in [1.807, 2.05) is 17.5 Å². The standard InChI is InChI=1S/C12H16N2O5S/c1-19-10(15)7-9(11(16)17)14-12(18)13-5-4-8-3-2-6-20-8/h2-3,6,9H,4-5,7H2,1H3,(H,16,17)(H2,13,14,18)/t9-/m0/s1. The van der Waals surface area contributed by atoms with Gasteiger partial charge in [0.25, 0.3) is 0 Å². The van der Waals surface area contributed by atoms with Gasteiger partial charge < -0.3 is 20.5 Å². The molecule has 8 heteroatoms. The number of nitrogens with one attached hydrogen (secondary N) is 2. The highest BCUT2D eigenvalue weighted by Crippen LogP contribution is 2.07. The van der Waals surface area contributed by atoms with Crippen molar-refractivity contribution in [3.05, 3.63) is 22.4 Å². The summed E-state index contributed by atoms with van der Waals surface area (Å²) in [7, 11) is 1.16. The number of carboxylic acids is 1. The van der Waals surface area contributed by atoms with E-state index in [9.17, 15) is 14.4 Å². The molecule has 1 rings (SSSR count). The largest absolute Gasteiger partial charge is 0.480 e. The van der Waals surface area contributed by atoms with Crippen LogP contribution < -0.4 is 10.6 Å². The molecule has 0 radical (unpaired) electrons. The van der Waals surface area contributed by atoms with Gasteiger partial charge in [0.05, 0.1) is 13.5 Å². The Morgan fingerprint density at radius 2 is 2.20 bits per heavy atom. The lowest BCUT2D eigenvalue weighted by atomic mass is 10.2. The van der Waals surface area contributed by atoms with Crippen LogP contribution in [0.25, 0.3) is 0 Å². The Balaban J connectivity index is 2.34. The Morgan fingerprint density at radius 1 is 1.45 bits per heavy atom. The molecule has 0 bridgehead atoms. The fourth-order valence-corrected chi connectivity index (χ4v) is 2.12. The molecule has 0 fully saturated rings. The number of methoxy groups -OCH3 is 1. The lowest BCUT2D eigenvalue weighted by molar-refractivity contribution is -0.147. The van der Waals surface area contributed by atoms with Crippen LogP contribution in [0.15, 0.2) is 17.5 Å². The first-order chi connectivity index (χ1) is 9.52. The molecule has 0 aliphatic carbocycles. The van der Waals surface area contributed by atoms with E-state index in [-0.39, 0.29) is 0 Å². The molecule has 0 unspecified atom stereocenters. The topological polar surface area (TPSA) is 105 Å². The molecule has 3 N–H and O–H groups in total. The molecular formula is C12H16N2O5S. The Hall–Kier alpha value is -2.09. The third-order valence-corrected chi connectivity index (χ3v) is 3.38. The molecule has 0 aromatic carbocycles. The van der Waals surface area contributed by atoms with E-state index in [0.717, 1.165) is 12.0 Å². The molecule has 1 aromatic rings. The van der Waals surface area contributed by atoms with E-state index in [0.29, 0.717) is 13.0 Å². The number of rotatable bonds is 7. The molecule has 1 heterocycles. The van der Waals surface area contributed by atoms with Gasteiger partial charge in [-0.2, -0.15) is 0 Å². The molecule has 1 aromatic heterocycles. The molecule has 2 amide bonds. The van der Waals surface area contributed by atoms with E-state index < -0.39 is 30.4 Å². The number of carbonyl (C=O) groups excluding carboxylic acids is 2. The van der Waals surface area contributed by atoms with Crippen molar-refractivity contribution >= 4 is 29.3 Å². The molecule has 0 saturated carbocycles. The Bertz CT molecular complexity index is 460. The van der Waals surface area contributed by atoms with Gasteiger partial charge in [-0.15, -0.1) is 11.3 Å². The van der Waals surface area contributed by atoms with Crippen molar-refractivity contribution in [2.45, 2.75) is 18.9 Å². The van der Waals surface area contributed by atoms with Gasteiger partial charge >= 0.3 is 18.0 Å². The lowest BCUT2D eigenvalue weighted by Gasteiger charge is -2.13. The summed E-state index contributed by atoms with van der Waals surface area (Å²) >= 11 is 1.58. The highest BCUT2D eigenvalue weighted by molar-refractivity contribution is 7.09. The average Bonchev–Trinajstić information content (AvgIpc) is 2.90. The van der Waals surface area contributed by atoms with Crippen LogP contribution in [0, 0.1) is 0 Å². The van der Waals surface area contributed by atoms with Gasteiger partial charge in [-0.3, -0.25) is 4.79 Å². The maximum atomic E-state index is 11.5. The van der Waals surface area contributed by atoms with Crippen LogP contribution in [0.4, 0.5) is 4.79 Å². The number of urea groups is 1. The van der Waals surface area contributed by atoms with Crippen molar-refractivity contribution in [2.24, 2.45) is 0 Å². The Kier molecular flexibility index (Phi) is 6.51. The first-order valence-electron chi connectivity index (χ1n) is 5.89. The highest BCUT2D eigenvalue weighted by Gasteiger charge is 2.23. The number of hydrogen-bond acceptors (Lipinski definition) is 5. The quantitative estimate of drug-likeness (QED) is 0.640. The summed E-state index contributed by atoms with van der Waals surface area (Å²) in [5.74, 6) is -1.99. The fourth-order valence-electron chi connectivity index (χ4n) is 1.41. The number of aliphatic carboxylic acids is 1. The van der Waals surface area contributed by atoms with Crippen LogP contribution in [0.2, 0.25) is 0 Å². The summed E-state index contributed by atoms with van der Waals surface area (Å²) < 4.78 is 4.37. The Morgan fingerprint density at radius 3 is 2.75 bits per heavy atom. The van der Waals surface area contributed by atoms with Crippen molar-refractivity contribution in [3.63, 3.8) is 0 Å². The Labute approximate surface area is 119 Å². The van der Waals surface area contributed by atoms with Crippen LogP contribution in [0.3, 0.4) is 0 Å². The second-order valence-electron chi connectivity index (χ2n) is 3.90. The minimum absolute atomic E-state index is 0.386. The van der Waals surface area contributed by atoms with Crippen molar-refractivity contribution in [3.8, 4) is 0 Å². The smallest absolute Gasteiger partial charge is 0.326 e. The van der Waals surface area contributed by atoms with Gasteiger partial charge in [-0.1, -0.05) is 6.07 Å². The molecule has 7 nitrogen and oxygen atoms in total. The maximum absolute atomic E-state index is 11.5. The summed E-state index contributed by atoms with van der Waals surface area (Å²) in [6, 6.07) is 1.93. The molecule has 0 aliphatic heterocycles. The summed E-state index contributed by atoms with van der Waals surface area (Å²) in [5, 5.41) is 15.6. The zero-order valence-electron chi connectivity index (χ0n) is 10.9. The second kappa shape index (κ2) is 8.16. The number of hydrogen-bond donors (Lipinski definition) is 3. The average molecular weight is 300 g/mol. The van der Waals surface area contributed by atoms with Crippen molar-refractivity contribution in [1.29, 1.82) is 0 Å². The van der Waals surface area contributed by atoms with Crippen molar-refractivity contribution in [1.82, 2.24) is 10.6 Å². The summed E-state index contributed by atoms with van der Waals surface area (Å²) in [5.41, 5.74) is 0. The monoisotopic (exact) mass is 300 g/mol. The number of carbonyl (C=O) groups is 3. The van der Waals surface area contributed by atoms with Gasteiger partial charge in [0.2, 0.25) is 0 Å². The van der Waals surface area contributed by atoms with E-state index in [4.69, 9.17) is 5.11 Å². The minimum atomic E-state index is -1.30. The molecule has 0 aliphatic rings. The first-order valence-corrected chi connectivity index (χ1v) is 6.77. The van der Waals surface area contributed by atoms with Crippen LogP contribution >= 0.6 is 11.3 Å². The number of ether oxygens (including phenoxy) is 1. The highest BCUT2D eigenvalue weighted by atomic mass is 32.1. The lowest BCUT2D eigenvalue weighted by Crippen LogP contribution is -2.47. The minimum Gasteiger partial charge on any atom is -0.480 e. The van der Waals surface area contributed by atoms with Crippen LogP contribution in [-0.2, 0) is 20.7 Å². The molecule has 20 heavy (non-hydrogen) atoms. The summed E-state index contributed by atoms with van der Waals surface area (Å²) in [6.07, 6.45) is 0.254. The first kappa shape index (κ1) is 16.0. The van der Waals surface area contributed by atoms with Crippen LogP contribution in [0.5, 0.6) is 0 Å². The number of amides is 2. The SMILES string of the molecule is COC(=O)C[C@H](NC(=O)NCCc1cccs1)C(=O)O. The van der Waals surface area contributed by atoms with Gasteiger partial charge in [0.15, 0.2) is 0 Å². The molecule has 110 valence electrons. The zero-order chi connectivity index (χ0) is 15.0. The van der Waals surface area contributed by atoms with Gasteiger partial charge in [0.1, 0.15) is 6.04 Å². The van der Waals surface area contributed by atoms with Crippen molar-refractivity contribution in [2.75, 3.05) is 13.7 Å². The van der Waals surface area contributed by atoms with E-state index in [1.54, 1.807) is 11.3 Å². The second-order valence-corrected chi connectivity index (χ2v) is 4.93. The zero-order valence-corrected chi connectivity index (χ0v) is 11.7. The van der Waals surface area contributed by atoms with Crippen molar-refractivity contribution < 1.29 is 24.2 Å². The third-order valence-electron chi connectivity index (χ3n) is 2.44. The summed E-state index contributed by atoms with van der Waals surface area (Å²) in [4.78, 5) is 34.6. The summed E-state index contributed by atoms with van der Waals surface area (Å²) in [6.45, 7) is 0.386. The third kappa shape index (κ3) is 5.70. The maximum Gasteiger partial charge on any atom is 0.326 e.